The molecular formula is C13H13NO3S. The molecule has 5 heteroatoms. The number of methoxy groups -OCH3 is 1. The molecule has 0 spiro atoms. The monoisotopic (exact) mass is 263 g/mol. The van der Waals surface area contributed by atoms with Gasteiger partial charge in [0.1, 0.15) is 5.75 Å². The highest BCUT2D eigenvalue weighted by molar-refractivity contribution is 7.90. The van der Waals surface area contributed by atoms with Crippen LogP contribution < -0.4 is 4.74 Å². The molecule has 0 unspecified atom stereocenters. The van der Waals surface area contributed by atoms with Crippen LogP contribution in [0.2, 0.25) is 0 Å². The quantitative estimate of drug-likeness (QED) is 0.847. The molecule has 2 rings (SSSR count). The number of hydrogen-bond acceptors (Lipinski definition) is 4. The van der Waals surface area contributed by atoms with E-state index in [1.807, 2.05) is 0 Å². The van der Waals surface area contributed by atoms with Crippen molar-refractivity contribution in [2.24, 2.45) is 0 Å². The zero-order chi connectivity index (χ0) is 13.0. The minimum atomic E-state index is -3.35. The van der Waals surface area contributed by atoms with Crippen LogP contribution in [0.15, 0.2) is 53.7 Å². The van der Waals surface area contributed by atoms with E-state index in [-0.39, 0.29) is 10.6 Å². The van der Waals surface area contributed by atoms with Crippen molar-refractivity contribution < 1.29 is 13.2 Å². The van der Waals surface area contributed by atoms with Gasteiger partial charge in [-0.15, -0.1) is 0 Å². The summed E-state index contributed by atoms with van der Waals surface area (Å²) >= 11 is 0. The number of sulfone groups is 1. The lowest BCUT2D eigenvalue weighted by Gasteiger charge is -2.06. The second-order valence-electron chi connectivity index (χ2n) is 3.79. The van der Waals surface area contributed by atoms with Gasteiger partial charge in [0.25, 0.3) is 0 Å². The molecule has 0 amide bonds. The molecule has 0 N–H and O–H groups in total. The number of pyridine rings is 1. The van der Waals surface area contributed by atoms with Gasteiger partial charge >= 0.3 is 0 Å². The standard InChI is InChI=1S/C13H13NO3S/c1-17-12-3-2-4-13(9-12)18(15,16)10-11-5-7-14-8-6-11/h2-9H,10H2,1H3. The van der Waals surface area contributed by atoms with E-state index < -0.39 is 9.84 Å². The van der Waals surface area contributed by atoms with E-state index in [9.17, 15) is 8.42 Å². The maximum absolute atomic E-state index is 12.2. The van der Waals surface area contributed by atoms with Crippen LogP contribution in [0, 0.1) is 0 Å². The Bertz CT molecular complexity index is 624. The minimum Gasteiger partial charge on any atom is -0.497 e. The molecule has 0 aliphatic heterocycles. The fourth-order valence-corrected chi connectivity index (χ4v) is 2.96. The van der Waals surface area contributed by atoms with Crippen LogP contribution in [0.5, 0.6) is 5.75 Å². The third-order valence-corrected chi connectivity index (χ3v) is 4.19. The fourth-order valence-electron chi connectivity index (χ4n) is 1.58. The third kappa shape index (κ3) is 2.87. The molecule has 0 saturated heterocycles. The molecule has 4 nitrogen and oxygen atoms in total. The van der Waals surface area contributed by atoms with Gasteiger partial charge < -0.3 is 4.74 Å². The summed E-state index contributed by atoms with van der Waals surface area (Å²) < 4.78 is 29.4. The Morgan fingerprint density at radius 2 is 1.89 bits per heavy atom. The average molecular weight is 263 g/mol. The van der Waals surface area contributed by atoms with Crippen molar-refractivity contribution in [3.63, 3.8) is 0 Å². The van der Waals surface area contributed by atoms with E-state index in [1.54, 1.807) is 42.7 Å². The second kappa shape index (κ2) is 5.18. The highest BCUT2D eigenvalue weighted by Crippen LogP contribution is 2.20. The highest BCUT2D eigenvalue weighted by atomic mass is 32.2. The van der Waals surface area contributed by atoms with E-state index >= 15 is 0 Å². The van der Waals surface area contributed by atoms with Crippen molar-refractivity contribution in [2.45, 2.75) is 10.6 Å². The van der Waals surface area contributed by atoms with Gasteiger partial charge in [-0.05, 0) is 35.9 Å². The summed E-state index contributed by atoms with van der Waals surface area (Å²) in [7, 11) is -1.85. The molecule has 1 heterocycles. The number of rotatable bonds is 4. The van der Waals surface area contributed by atoms with Gasteiger partial charge in [0.2, 0.25) is 0 Å². The molecular weight excluding hydrogens is 250 g/mol. The van der Waals surface area contributed by atoms with Gasteiger partial charge in [-0.3, -0.25) is 4.98 Å². The zero-order valence-corrected chi connectivity index (χ0v) is 10.7. The first kappa shape index (κ1) is 12.6. The maximum atomic E-state index is 12.2. The van der Waals surface area contributed by atoms with Crippen molar-refractivity contribution in [1.29, 1.82) is 0 Å². The molecule has 1 aromatic carbocycles. The average Bonchev–Trinajstić information content (AvgIpc) is 2.39. The topological polar surface area (TPSA) is 56.3 Å². The molecule has 94 valence electrons. The first-order valence-corrected chi connectivity index (χ1v) is 7.03. The number of benzene rings is 1. The summed E-state index contributed by atoms with van der Waals surface area (Å²) in [5.74, 6) is 0.494. The summed E-state index contributed by atoms with van der Waals surface area (Å²) in [5.41, 5.74) is 0.716. The Morgan fingerprint density at radius 3 is 2.56 bits per heavy atom. The third-order valence-electron chi connectivity index (χ3n) is 2.51. The summed E-state index contributed by atoms with van der Waals surface area (Å²) in [6.07, 6.45) is 3.16. The lowest BCUT2D eigenvalue weighted by Crippen LogP contribution is -2.05. The number of ether oxygens (including phenoxy) is 1. The molecule has 1 aromatic heterocycles. The molecule has 0 radical (unpaired) electrons. The maximum Gasteiger partial charge on any atom is 0.182 e. The summed E-state index contributed by atoms with van der Waals surface area (Å²) in [6, 6.07) is 9.86. The van der Waals surface area contributed by atoms with E-state index in [0.29, 0.717) is 11.3 Å². The van der Waals surface area contributed by atoms with Crippen molar-refractivity contribution in [2.75, 3.05) is 7.11 Å². The van der Waals surface area contributed by atoms with Crippen LogP contribution in [0.4, 0.5) is 0 Å². The zero-order valence-electron chi connectivity index (χ0n) is 9.91. The number of nitrogens with zero attached hydrogens (tertiary/aromatic N) is 1. The summed E-state index contributed by atoms with van der Waals surface area (Å²) in [5, 5.41) is 0. The van der Waals surface area contributed by atoms with Gasteiger partial charge in [-0.1, -0.05) is 6.07 Å². The first-order valence-electron chi connectivity index (χ1n) is 5.37. The fraction of sp³-hybridized carbons (Fsp3) is 0.154. The molecule has 0 saturated carbocycles. The molecule has 2 aromatic rings. The van der Waals surface area contributed by atoms with Crippen molar-refractivity contribution in [3.05, 3.63) is 54.4 Å². The molecule has 0 atom stereocenters. The number of aromatic nitrogens is 1. The SMILES string of the molecule is COc1cccc(S(=O)(=O)Cc2ccncc2)c1. The van der Waals surface area contributed by atoms with E-state index in [4.69, 9.17) is 4.74 Å². The molecule has 18 heavy (non-hydrogen) atoms. The Labute approximate surface area is 106 Å². The van der Waals surface area contributed by atoms with E-state index in [2.05, 4.69) is 4.98 Å². The van der Waals surface area contributed by atoms with E-state index in [0.717, 1.165) is 0 Å². The van der Waals surface area contributed by atoms with Crippen LogP contribution >= 0.6 is 0 Å². The molecule has 0 aliphatic rings. The normalized spacial score (nSPS) is 11.2. The minimum absolute atomic E-state index is 0.0390. The van der Waals surface area contributed by atoms with Crippen LogP contribution in [0.1, 0.15) is 5.56 Å². The van der Waals surface area contributed by atoms with Gasteiger partial charge in [-0.2, -0.15) is 0 Å². The first-order chi connectivity index (χ1) is 8.62. The lowest BCUT2D eigenvalue weighted by atomic mass is 10.3. The van der Waals surface area contributed by atoms with Crippen LogP contribution in [0.25, 0.3) is 0 Å². The van der Waals surface area contributed by atoms with Gasteiger partial charge in [-0.25, -0.2) is 8.42 Å². The largest absolute Gasteiger partial charge is 0.497 e. The Balaban J connectivity index is 2.31. The Kier molecular flexibility index (Phi) is 3.62. The molecule has 0 aliphatic carbocycles. The number of hydrogen-bond donors (Lipinski definition) is 0. The molecule has 0 fully saturated rings. The van der Waals surface area contributed by atoms with Crippen molar-refractivity contribution in [1.82, 2.24) is 4.98 Å². The Hall–Kier alpha value is -1.88. The highest BCUT2D eigenvalue weighted by Gasteiger charge is 2.15. The van der Waals surface area contributed by atoms with Crippen LogP contribution in [0.3, 0.4) is 0 Å². The predicted octanol–water partition coefficient (Wildman–Crippen LogP) is 2.06. The van der Waals surface area contributed by atoms with Crippen molar-refractivity contribution in [3.8, 4) is 5.75 Å². The van der Waals surface area contributed by atoms with Crippen LogP contribution in [-0.2, 0) is 15.6 Å². The van der Waals surface area contributed by atoms with E-state index in [1.165, 1.54) is 13.2 Å². The predicted molar refractivity (Wildman–Crippen MR) is 68.1 cm³/mol. The van der Waals surface area contributed by atoms with Crippen molar-refractivity contribution >= 4 is 9.84 Å². The second-order valence-corrected chi connectivity index (χ2v) is 5.78. The Morgan fingerprint density at radius 1 is 1.17 bits per heavy atom. The van der Waals surface area contributed by atoms with Gasteiger partial charge in [0.05, 0.1) is 17.8 Å². The van der Waals surface area contributed by atoms with Crippen LogP contribution in [-0.4, -0.2) is 20.5 Å². The smallest absolute Gasteiger partial charge is 0.182 e. The summed E-state index contributed by atoms with van der Waals surface area (Å²) in [6.45, 7) is 0. The molecule has 0 bridgehead atoms. The van der Waals surface area contributed by atoms with Gasteiger partial charge in [0.15, 0.2) is 9.84 Å². The van der Waals surface area contributed by atoms with Gasteiger partial charge in [0, 0.05) is 12.4 Å². The lowest BCUT2D eigenvalue weighted by molar-refractivity contribution is 0.413. The summed E-state index contributed by atoms with van der Waals surface area (Å²) in [4.78, 5) is 4.12.